The molecule has 0 aliphatic rings. The summed E-state index contributed by atoms with van der Waals surface area (Å²) in [5.74, 6) is 7.22. The smallest absolute Gasteiger partial charge is 0.256 e. The highest BCUT2D eigenvalue weighted by Gasteiger charge is 2.12. The van der Waals surface area contributed by atoms with E-state index in [0.717, 1.165) is 16.9 Å². The molecule has 0 aliphatic carbocycles. The minimum atomic E-state index is 0.477. The second kappa shape index (κ2) is 4.78. The fraction of sp³-hybridized carbons (Fsp3) is 0.154. The summed E-state index contributed by atoms with van der Waals surface area (Å²) >= 11 is 0. The van der Waals surface area contributed by atoms with E-state index in [-0.39, 0.29) is 0 Å². The summed E-state index contributed by atoms with van der Waals surface area (Å²) in [5, 5.41) is 7.50. The molecule has 3 rings (SSSR count). The van der Waals surface area contributed by atoms with Gasteiger partial charge < -0.3 is 10.7 Å². The van der Waals surface area contributed by atoms with Crippen molar-refractivity contribution in [2.75, 3.05) is 10.7 Å². The summed E-state index contributed by atoms with van der Waals surface area (Å²) < 4.78 is 1.59. The second-order valence-corrected chi connectivity index (χ2v) is 4.45. The molecule has 0 bridgehead atoms. The Bertz CT molecular complexity index is 748. The van der Waals surface area contributed by atoms with E-state index in [1.165, 1.54) is 0 Å². The van der Waals surface area contributed by atoms with Gasteiger partial charge in [0.2, 0.25) is 5.95 Å². The minimum Gasteiger partial charge on any atom is -0.323 e. The molecular weight excluding hydrogens is 254 g/mol. The molecule has 7 nitrogen and oxygen atoms in total. The molecule has 0 fully saturated rings. The number of hydrogen-bond donors (Lipinski definition) is 3. The molecule has 2 aromatic heterocycles. The van der Waals surface area contributed by atoms with Gasteiger partial charge in [-0.15, -0.1) is 5.10 Å². The third-order valence-corrected chi connectivity index (χ3v) is 3.13. The van der Waals surface area contributed by atoms with E-state index in [1.807, 2.05) is 44.2 Å². The minimum absolute atomic E-state index is 0.477. The average Bonchev–Trinajstić information content (AvgIpc) is 2.83. The Morgan fingerprint density at radius 1 is 1.10 bits per heavy atom. The van der Waals surface area contributed by atoms with E-state index >= 15 is 0 Å². The quantitative estimate of drug-likeness (QED) is 0.495. The van der Waals surface area contributed by atoms with Gasteiger partial charge in [-0.05, 0) is 26.0 Å². The monoisotopic (exact) mass is 269 g/mol. The summed E-state index contributed by atoms with van der Waals surface area (Å²) in [7, 11) is 0. The first-order chi connectivity index (χ1) is 9.69. The third kappa shape index (κ3) is 2.04. The molecule has 0 atom stereocenters. The molecule has 0 unspecified atom stereocenters. The number of hydrazine groups is 1. The topological polar surface area (TPSA) is 93.2 Å². The van der Waals surface area contributed by atoms with Crippen molar-refractivity contribution in [1.82, 2.24) is 19.6 Å². The van der Waals surface area contributed by atoms with Gasteiger partial charge in [-0.2, -0.15) is 9.50 Å². The van der Waals surface area contributed by atoms with Crippen molar-refractivity contribution in [1.29, 1.82) is 0 Å². The zero-order valence-electron chi connectivity index (χ0n) is 11.3. The molecule has 3 aromatic rings. The van der Waals surface area contributed by atoms with Gasteiger partial charge >= 0.3 is 0 Å². The maximum absolute atomic E-state index is 5.56. The van der Waals surface area contributed by atoms with Crippen LogP contribution in [-0.4, -0.2) is 19.6 Å². The predicted octanol–water partition coefficient (Wildman–Crippen LogP) is 1.77. The van der Waals surface area contributed by atoms with Gasteiger partial charge in [0.25, 0.3) is 5.78 Å². The second-order valence-electron chi connectivity index (χ2n) is 4.45. The van der Waals surface area contributed by atoms with Crippen molar-refractivity contribution in [2.24, 2.45) is 5.84 Å². The number of para-hydroxylation sites is 1. The normalized spacial score (nSPS) is 10.8. The number of hydrogen-bond acceptors (Lipinski definition) is 6. The number of fused-ring (bicyclic) bond motifs is 1. The van der Waals surface area contributed by atoms with Crippen molar-refractivity contribution < 1.29 is 0 Å². The lowest BCUT2D eigenvalue weighted by Crippen LogP contribution is -2.14. The van der Waals surface area contributed by atoms with Crippen LogP contribution in [0.2, 0.25) is 0 Å². The van der Waals surface area contributed by atoms with Gasteiger partial charge in [0, 0.05) is 16.9 Å². The SMILES string of the molecule is Cc1nc2nc(Nc3ccccc3)nn2c(NN)c1C. The number of benzene rings is 1. The Balaban J connectivity index is 2.07. The third-order valence-electron chi connectivity index (χ3n) is 3.13. The Labute approximate surface area is 115 Å². The molecule has 0 radical (unpaired) electrons. The number of nitrogens with two attached hydrogens (primary N) is 1. The number of nitrogens with zero attached hydrogens (tertiary/aromatic N) is 4. The molecule has 1 aromatic carbocycles. The lowest BCUT2D eigenvalue weighted by molar-refractivity contribution is 0.915. The number of anilines is 3. The van der Waals surface area contributed by atoms with Crippen LogP contribution in [0, 0.1) is 13.8 Å². The molecule has 2 heterocycles. The van der Waals surface area contributed by atoms with Gasteiger partial charge in [0.15, 0.2) is 0 Å². The molecule has 0 amide bonds. The van der Waals surface area contributed by atoms with E-state index in [9.17, 15) is 0 Å². The molecule has 102 valence electrons. The standard InChI is InChI=1S/C13H15N7/c1-8-9(2)15-13-17-12(19-20(13)11(8)18-14)16-10-6-4-3-5-7-10/h3-7,18H,14H2,1-2H3,(H,16,19). The summed E-state index contributed by atoms with van der Waals surface area (Å²) in [5.41, 5.74) is 5.37. The van der Waals surface area contributed by atoms with Crippen LogP contribution in [-0.2, 0) is 0 Å². The Hall–Kier alpha value is -2.67. The maximum atomic E-state index is 5.56. The van der Waals surface area contributed by atoms with Crippen LogP contribution >= 0.6 is 0 Å². The Morgan fingerprint density at radius 2 is 1.85 bits per heavy atom. The van der Waals surface area contributed by atoms with Gasteiger partial charge in [-0.25, -0.2) is 10.8 Å². The van der Waals surface area contributed by atoms with E-state index in [4.69, 9.17) is 5.84 Å². The van der Waals surface area contributed by atoms with Gasteiger partial charge in [0.05, 0.1) is 0 Å². The fourth-order valence-corrected chi connectivity index (χ4v) is 1.96. The number of rotatable bonds is 3. The van der Waals surface area contributed by atoms with E-state index in [0.29, 0.717) is 17.5 Å². The van der Waals surface area contributed by atoms with Crippen LogP contribution in [0.15, 0.2) is 30.3 Å². The van der Waals surface area contributed by atoms with Crippen molar-refractivity contribution in [3.8, 4) is 0 Å². The highest BCUT2D eigenvalue weighted by molar-refractivity contribution is 5.57. The van der Waals surface area contributed by atoms with E-state index in [1.54, 1.807) is 4.52 Å². The van der Waals surface area contributed by atoms with Crippen LogP contribution < -0.4 is 16.6 Å². The molecule has 7 heteroatoms. The Kier molecular flexibility index (Phi) is 2.96. The van der Waals surface area contributed by atoms with Crippen LogP contribution in [0.3, 0.4) is 0 Å². The Morgan fingerprint density at radius 3 is 2.55 bits per heavy atom. The summed E-state index contributed by atoms with van der Waals surface area (Å²) in [4.78, 5) is 8.75. The predicted molar refractivity (Wildman–Crippen MR) is 77.8 cm³/mol. The van der Waals surface area contributed by atoms with Crippen LogP contribution in [0.4, 0.5) is 17.5 Å². The van der Waals surface area contributed by atoms with E-state index in [2.05, 4.69) is 25.8 Å². The molecule has 20 heavy (non-hydrogen) atoms. The molecule has 4 N–H and O–H groups in total. The molecule has 0 saturated heterocycles. The van der Waals surface area contributed by atoms with Crippen LogP contribution in [0.5, 0.6) is 0 Å². The van der Waals surface area contributed by atoms with Gasteiger partial charge in [0.1, 0.15) is 5.82 Å². The number of aryl methyl sites for hydroxylation is 1. The first kappa shape index (κ1) is 12.4. The van der Waals surface area contributed by atoms with E-state index < -0.39 is 0 Å². The highest BCUT2D eigenvalue weighted by atomic mass is 15.4. The van der Waals surface area contributed by atoms with Gasteiger partial charge in [-0.1, -0.05) is 18.2 Å². The van der Waals surface area contributed by atoms with Gasteiger partial charge in [-0.3, -0.25) is 0 Å². The molecular formula is C13H15N7. The zero-order chi connectivity index (χ0) is 14.1. The zero-order valence-corrected chi connectivity index (χ0v) is 11.3. The largest absolute Gasteiger partial charge is 0.323 e. The summed E-state index contributed by atoms with van der Waals surface area (Å²) in [6.45, 7) is 3.85. The maximum Gasteiger partial charge on any atom is 0.256 e. The number of nitrogens with one attached hydrogen (secondary N) is 2. The summed E-state index contributed by atoms with van der Waals surface area (Å²) in [6.07, 6.45) is 0. The van der Waals surface area contributed by atoms with Crippen molar-refractivity contribution in [2.45, 2.75) is 13.8 Å². The van der Waals surface area contributed by atoms with Crippen LogP contribution in [0.25, 0.3) is 5.78 Å². The highest BCUT2D eigenvalue weighted by Crippen LogP contribution is 2.19. The van der Waals surface area contributed by atoms with Crippen molar-refractivity contribution in [3.05, 3.63) is 41.6 Å². The summed E-state index contributed by atoms with van der Waals surface area (Å²) in [6, 6.07) is 9.72. The fourth-order valence-electron chi connectivity index (χ4n) is 1.96. The van der Waals surface area contributed by atoms with Crippen molar-refractivity contribution in [3.63, 3.8) is 0 Å². The van der Waals surface area contributed by atoms with Crippen molar-refractivity contribution >= 4 is 23.2 Å². The molecule has 0 spiro atoms. The lowest BCUT2D eigenvalue weighted by Gasteiger charge is -2.07. The number of nitrogen functional groups attached to an aromatic ring is 1. The molecule has 0 saturated carbocycles. The lowest BCUT2D eigenvalue weighted by atomic mass is 10.2. The number of aromatic nitrogens is 4. The first-order valence-corrected chi connectivity index (χ1v) is 6.21. The van der Waals surface area contributed by atoms with Crippen LogP contribution in [0.1, 0.15) is 11.3 Å². The molecule has 0 aliphatic heterocycles. The average molecular weight is 269 g/mol. The first-order valence-electron chi connectivity index (χ1n) is 6.21.